The Labute approximate surface area is 104 Å². The zero-order valence-electron chi connectivity index (χ0n) is 10.1. The van der Waals surface area contributed by atoms with Crippen LogP contribution in [0.15, 0.2) is 29.8 Å². The van der Waals surface area contributed by atoms with E-state index in [2.05, 4.69) is 0 Å². The van der Waals surface area contributed by atoms with Gasteiger partial charge in [-0.3, -0.25) is 0 Å². The number of ether oxygens (including phenoxy) is 1. The van der Waals surface area contributed by atoms with Crippen molar-refractivity contribution in [2.45, 2.75) is 20.0 Å². The van der Waals surface area contributed by atoms with E-state index in [1.54, 1.807) is 13.8 Å². The summed E-state index contributed by atoms with van der Waals surface area (Å²) in [6, 6.07) is 5.81. The van der Waals surface area contributed by atoms with Gasteiger partial charge in [-0.05, 0) is 37.6 Å². The van der Waals surface area contributed by atoms with Gasteiger partial charge in [-0.1, -0.05) is 12.1 Å². The Morgan fingerprint density at radius 2 is 1.78 bits per heavy atom. The molecular formula is C13H14O5. The SMILES string of the molecule is CC(C)OC(=O)C(=Cc1ccc(O)cc1)C(=O)O. The molecule has 0 aliphatic carbocycles. The standard InChI is InChI=1S/C13H14O5/c1-8(2)18-13(17)11(12(15)16)7-9-3-5-10(14)6-4-9/h3-8,14H,1-2H3,(H,15,16). The third-order valence-corrected chi connectivity index (χ3v) is 2.00. The van der Waals surface area contributed by atoms with Crippen LogP contribution in [-0.2, 0) is 14.3 Å². The highest BCUT2D eigenvalue weighted by Crippen LogP contribution is 2.14. The summed E-state index contributed by atoms with van der Waals surface area (Å²) in [7, 11) is 0. The lowest BCUT2D eigenvalue weighted by Crippen LogP contribution is -2.18. The summed E-state index contributed by atoms with van der Waals surface area (Å²) in [6.45, 7) is 3.27. The van der Waals surface area contributed by atoms with Crippen molar-refractivity contribution in [2.75, 3.05) is 0 Å². The van der Waals surface area contributed by atoms with E-state index in [4.69, 9.17) is 14.9 Å². The van der Waals surface area contributed by atoms with Gasteiger partial charge in [-0.15, -0.1) is 0 Å². The van der Waals surface area contributed by atoms with Gasteiger partial charge in [0, 0.05) is 0 Å². The van der Waals surface area contributed by atoms with Crippen LogP contribution in [0.25, 0.3) is 6.08 Å². The first-order chi connectivity index (χ1) is 8.40. The molecule has 0 aliphatic heterocycles. The van der Waals surface area contributed by atoms with Gasteiger partial charge in [0.05, 0.1) is 6.10 Å². The lowest BCUT2D eigenvalue weighted by atomic mass is 10.1. The number of carboxylic acids is 1. The Hall–Kier alpha value is -2.30. The molecule has 0 bridgehead atoms. The van der Waals surface area contributed by atoms with Crippen molar-refractivity contribution >= 4 is 18.0 Å². The predicted octanol–water partition coefficient (Wildman–Crippen LogP) is 1.81. The number of benzene rings is 1. The highest BCUT2D eigenvalue weighted by atomic mass is 16.5. The van der Waals surface area contributed by atoms with Gasteiger partial charge in [0.1, 0.15) is 11.3 Å². The third-order valence-electron chi connectivity index (χ3n) is 2.00. The molecule has 96 valence electrons. The number of hydrogen-bond acceptors (Lipinski definition) is 4. The molecule has 0 heterocycles. The summed E-state index contributed by atoms with van der Waals surface area (Å²) >= 11 is 0. The average Bonchev–Trinajstić information content (AvgIpc) is 2.26. The van der Waals surface area contributed by atoms with Crippen LogP contribution in [-0.4, -0.2) is 28.3 Å². The number of phenols is 1. The number of esters is 1. The number of aromatic hydroxyl groups is 1. The highest BCUT2D eigenvalue weighted by molar-refractivity contribution is 6.17. The second kappa shape index (κ2) is 5.86. The van der Waals surface area contributed by atoms with E-state index in [1.807, 2.05) is 0 Å². The van der Waals surface area contributed by atoms with Gasteiger partial charge in [0.25, 0.3) is 0 Å². The monoisotopic (exact) mass is 250 g/mol. The number of phenolic OH excluding ortho intramolecular Hbond substituents is 1. The van der Waals surface area contributed by atoms with Crippen molar-refractivity contribution in [3.05, 3.63) is 35.4 Å². The molecule has 1 aromatic carbocycles. The smallest absolute Gasteiger partial charge is 0.345 e. The van der Waals surface area contributed by atoms with Crippen LogP contribution in [0.3, 0.4) is 0 Å². The summed E-state index contributed by atoms with van der Waals surface area (Å²) in [5.74, 6) is -2.17. The Morgan fingerprint density at radius 3 is 2.22 bits per heavy atom. The number of carbonyl (C=O) groups is 2. The summed E-state index contributed by atoms with van der Waals surface area (Å²) < 4.78 is 4.83. The third kappa shape index (κ3) is 3.93. The minimum Gasteiger partial charge on any atom is -0.508 e. The van der Waals surface area contributed by atoms with Crippen molar-refractivity contribution in [2.24, 2.45) is 0 Å². The number of carbonyl (C=O) groups excluding carboxylic acids is 1. The fourth-order valence-corrected chi connectivity index (χ4v) is 1.22. The average molecular weight is 250 g/mol. The minimum atomic E-state index is -1.35. The fraction of sp³-hybridized carbons (Fsp3) is 0.231. The first-order valence-corrected chi connectivity index (χ1v) is 5.35. The summed E-state index contributed by atoms with van der Waals surface area (Å²) in [5.41, 5.74) is 0.0419. The summed E-state index contributed by atoms with van der Waals surface area (Å²) in [6.07, 6.45) is 0.812. The van der Waals surface area contributed by atoms with E-state index in [0.717, 1.165) is 0 Å². The Balaban J connectivity index is 3.01. The maximum atomic E-state index is 11.5. The largest absolute Gasteiger partial charge is 0.508 e. The van der Waals surface area contributed by atoms with Crippen molar-refractivity contribution in [3.8, 4) is 5.75 Å². The van der Waals surface area contributed by atoms with Crippen LogP contribution in [0.4, 0.5) is 0 Å². The van der Waals surface area contributed by atoms with Gasteiger partial charge < -0.3 is 14.9 Å². The van der Waals surface area contributed by atoms with Gasteiger partial charge >= 0.3 is 11.9 Å². The first-order valence-electron chi connectivity index (χ1n) is 5.35. The Morgan fingerprint density at radius 1 is 1.22 bits per heavy atom. The normalized spacial score (nSPS) is 11.4. The molecule has 1 aromatic rings. The van der Waals surface area contributed by atoms with E-state index >= 15 is 0 Å². The summed E-state index contributed by atoms with van der Waals surface area (Å²) in [4.78, 5) is 22.5. The zero-order chi connectivity index (χ0) is 13.7. The lowest BCUT2D eigenvalue weighted by Gasteiger charge is -2.08. The van der Waals surface area contributed by atoms with Gasteiger partial charge in [-0.25, -0.2) is 9.59 Å². The number of rotatable bonds is 4. The molecule has 0 atom stereocenters. The lowest BCUT2D eigenvalue weighted by molar-refractivity contribution is -0.146. The van der Waals surface area contributed by atoms with Crippen molar-refractivity contribution in [3.63, 3.8) is 0 Å². The molecule has 18 heavy (non-hydrogen) atoms. The number of carboxylic acid groups (broad SMARTS) is 1. The molecule has 0 aromatic heterocycles. The first kappa shape index (κ1) is 13.8. The molecule has 0 fully saturated rings. The van der Waals surface area contributed by atoms with Crippen LogP contribution in [0.1, 0.15) is 19.4 Å². The van der Waals surface area contributed by atoms with E-state index in [1.165, 1.54) is 30.3 Å². The molecule has 0 saturated carbocycles. The van der Waals surface area contributed by atoms with Crippen molar-refractivity contribution < 1.29 is 24.5 Å². The quantitative estimate of drug-likeness (QED) is 0.368. The van der Waals surface area contributed by atoms with Gasteiger partial charge in [0.15, 0.2) is 0 Å². The molecule has 1 rings (SSSR count). The number of hydrogen-bond donors (Lipinski definition) is 2. The summed E-state index contributed by atoms with van der Waals surface area (Å²) in [5, 5.41) is 18.1. The predicted molar refractivity (Wildman–Crippen MR) is 64.9 cm³/mol. The van der Waals surface area contributed by atoms with E-state index in [9.17, 15) is 9.59 Å². The van der Waals surface area contributed by atoms with Crippen LogP contribution in [0.2, 0.25) is 0 Å². The molecule has 5 nitrogen and oxygen atoms in total. The maximum Gasteiger partial charge on any atom is 0.345 e. The molecule has 0 saturated heterocycles. The Kier molecular flexibility index (Phi) is 4.48. The molecule has 0 radical (unpaired) electrons. The highest BCUT2D eigenvalue weighted by Gasteiger charge is 2.19. The van der Waals surface area contributed by atoms with Crippen molar-refractivity contribution in [1.29, 1.82) is 0 Å². The molecule has 0 unspecified atom stereocenters. The molecule has 2 N–H and O–H groups in total. The van der Waals surface area contributed by atoms with E-state index < -0.39 is 17.5 Å². The minimum absolute atomic E-state index is 0.0637. The molecule has 0 spiro atoms. The van der Waals surface area contributed by atoms with Crippen LogP contribution in [0, 0.1) is 0 Å². The maximum absolute atomic E-state index is 11.5. The van der Waals surface area contributed by atoms with Crippen LogP contribution >= 0.6 is 0 Å². The van der Waals surface area contributed by atoms with E-state index in [0.29, 0.717) is 5.56 Å². The fourth-order valence-electron chi connectivity index (χ4n) is 1.22. The molecule has 5 heteroatoms. The van der Waals surface area contributed by atoms with Crippen LogP contribution < -0.4 is 0 Å². The Bertz CT molecular complexity index is 471. The van der Waals surface area contributed by atoms with Crippen LogP contribution in [0.5, 0.6) is 5.75 Å². The number of aliphatic carboxylic acids is 1. The van der Waals surface area contributed by atoms with Crippen molar-refractivity contribution in [1.82, 2.24) is 0 Å². The molecule has 0 aliphatic rings. The zero-order valence-corrected chi connectivity index (χ0v) is 10.1. The molecular weight excluding hydrogens is 236 g/mol. The topological polar surface area (TPSA) is 83.8 Å². The second-order valence-electron chi connectivity index (χ2n) is 3.91. The second-order valence-corrected chi connectivity index (χ2v) is 3.91. The molecule has 0 amide bonds. The van der Waals surface area contributed by atoms with Gasteiger partial charge in [-0.2, -0.15) is 0 Å². The van der Waals surface area contributed by atoms with Gasteiger partial charge in [0.2, 0.25) is 0 Å². The van der Waals surface area contributed by atoms with E-state index in [-0.39, 0.29) is 11.9 Å².